The molecule has 9 nitrogen and oxygen atoms in total. The Morgan fingerprint density at radius 3 is 2.35 bits per heavy atom. The Balaban J connectivity index is 1.95. The molecule has 0 aromatic heterocycles. The smallest absolute Gasteiger partial charge is 0.328 e. The lowest BCUT2D eigenvalue weighted by molar-refractivity contribution is -0.168. The summed E-state index contributed by atoms with van der Waals surface area (Å²) in [7, 11) is 0. The number of nitrogens with two attached hydrogens (primary N) is 1. The number of nitrogens with one attached hydrogen (secondary N) is 2. The number of hydrogen-bond donors (Lipinski definition) is 3. The van der Waals surface area contributed by atoms with Crippen LogP contribution in [-0.2, 0) is 14.3 Å². The minimum absolute atomic E-state index is 0.0739. The highest BCUT2D eigenvalue weighted by molar-refractivity contribution is 6.31. The van der Waals surface area contributed by atoms with Crippen LogP contribution in [-0.4, -0.2) is 47.4 Å². The number of carbonyl (C=O) groups is 4. The van der Waals surface area contributed by atoms with Crippen LogP contribution in [0.25, 0.3) is 0 Å². The Labute approximate surface area is 237 Å². The molecule has 216 valence electrons. The zero-order valence-electron chi connectivity index (χ0n) is 23.3. The van der Waals surface area contributed by atoms with Gasteiger partial charge in [-0.3, -0.25) is 14.4 Å². The van der Waals surface area contributed by atoms with Crippen molar-refractivity contribution in [3.63, 3.8) is 0 Å². The fourth-order valence-corrected chi connectivity index (χ4v) is 4.64. The van der Waals surface area contributed by atoms with Crippen LogP contribution >= 0.6 is 11.6 Å². The first-order valence-electron chi connectivity index (χ1n) is 13.0. The quantitative estimate of drug-likeness (QED) is 0.302. The molecule has 2 aromatic rings. The molecule has 0 spiro atoms. The Bertz CT molecular complexity index is 1310. The number of fused-ring (bicyclic) bond motifs is 1. The predicted molar refractivity (Wildman–Crippen MR) is 148 cm³/mol. The maximum Gasteiger partial charge on any atom is 0.328 e. The number of hydrogen-bond acceptors (Lipinski definition) is 7. The van der Waals surface area contributed by atoms with E-state index in [9.17, 15) is 23.6 Å². The lowest BCUT2D eigenvalue weighted by Gasteiger charge is -2.44. The number of ketones is 1. The maximum atomic E-state index is 13.7. The van der Waals surface area contributed by atoms with Crippen molar-refractivity contribution in [3.05, 3.63) is 63.9 Å². The average molecular weight is 576 g/mol. The van der Waals surface area contributed by atoms with Crippen LogP contribution in [0, 0.1) is 11.7 Å². The lowest BCUT2D eigenvalue weighted by Crippen LogP contribution is -2.57. The summed E-state index contributed by atoms with van der Waals surface area (Å²) in [6, 6.07) is 5.46. The van der Waals surface area contributed by atoms with E-state index in [0.29, 0.717) is 23.3 Å². The minimum Gasteiger partial charge on any atom is -0.484 e. The van der Waals surface area contributed by atoms with Crippen LogP contribution in [0.5, 0.6) is 5.75 Å². The van der Waals surface area contributed by atoms with E-state index < -0.39 is 53.4 Å². The van der Waals surface area contributed by atoms with Crippen LogP contribution < -0.4 is 21.1 Å². The summed E-state index contributed by atoms with van der Waals surface area (Å²) in [5.74, 6) is -2.22. The molecule has 0 radical (unpaired) electrons. The van der Waals surface area contributed by atoms with Gasteiger partial charge in [-0.05, 0) is 76.4 Å². The van der Waals surface area contributed by atoms with Gasteiger partial charge in [0, 0.05) is 16.7 Å². The molecule has 11 heteroatoms. The zero-order chi connectivity index (χ0) is 29.9. The Morgan fingerprint density at radius 2 is 1.75 bits per heavy atom. The van der Waals surface area contributed by atoms with E-state index in [-0.39, 0.29) is 22.3 Å². The molecule has 1 heterocycles. The Morgan fingerprint density at radius 1 is 1.10 bits per heavy atom. The molecule has 3 rings (SSSR count). The third kappa shape index (κ3) is 7.17. The standard InChI is InChI=1S/C29H35ClFN3O6/c1-14(2)11-22(32)27(37)33-15(3)28(38)39-25-24(34-26(36)18-7-9-21(31)20(30)13-18)19-12-17(16(4)35)8-10-23(19)40-29(25,5)6/h7-10,12-15,22,24-25H,11,32H2,1-6H3,(H,33,37)(H,34,36)/t15-,22-,24-,25-/m0/s1. The highest BCUT2D eigenvalue weighted by Crippen LogP contribution is 2.42. The zero-order valence-corrected chi connectivity index (χ0v) is 24.1. The number of carbonyl (C=O) groups excluding carboxylic acids is 4. The van der Waals surface area contributed by atoms with E-state index in [2.05, 4.69) is 10.6 Å². The molecule has 0 aliphatic carbocycles. The molecule has 4 atom stereocenters. The van der Waals surface area contributed by atoms with Crippen LogP contribution in [0.3, 0.4) is 0 Å². The van der Waals surface area contributed by atoms with Crippen LogP contribution in [0.15, 0.2) is 36.4 Å². The van der Waals surface area contributed by atoms with Gasteiger partial charge in [0.1, 0.15) is 23.2 Å². The largest absolute Gasteiger partial charge is 0.484 e. The van der Waals surface area contributed by atoms with E-state index in [0.717, 1.165) is 6.07 Å². The van der Waals surface area contributed by atoms with E-state index in [1.165, 1.54) is 26.0 Å². The normalized spacial score (nSPS) is 19.1. The van der Waals surface area contributed by atoms with Gasteiger partial charge >= 0.3 is 5.97 Å². The van der Waals surface area contributed by atoms with Gasteiger partial charge in [0.05, 0.1) is 17.1 Å². The van der Waals surface area contributed by atoms with Gasteiger partial charge in [-0.25, -0.2) is 9.18 Å². The maximum absolute atomic E-state index is 13.7. The number of Topliss-reactive ketones (excluding diaryl/α,β-unsaturated/α-hetero) is 1. The molecule has 0 saturated carbocycles. The van der Waals surface area contributed by atoms with Crippen molar-refractivity contribution in [3.8, 4) is 5.75 Å². The second-order valence-corrected chi connectivity index (χ2v) is 11.3. The van der Waals surface area contributed by atoms with Gasteiger partial charge in [0.15, 0.2) is 11.9 Å². The first-order chi connectivity index (χ1) is 18.6. The monoisotopic (exact) mass is 575 g/mol. The van der Waals surface area contributed by atoms with Crippen LogP contribution in [0.1, 0.15) is 80.3 Å². The number of rotatable bonds is 9. The number of ether oxygens (including phenoxy) is 2. The second kappa shape index (κ2) is 12.3. The molecule has 40 heavy (non-hydrogen) atoms. The van der Waals surface area contributed by atoms with Gasteiger partial charge in [-0.1, -0.05) is 25.4 Å². The molecular formula is C29H35ClFN3O6. The van der Waals surface area contributed by atoms with Crippen molar-refractivity contribution < 1.29 is 33.0 Å². The number of esters is 1. The minimum atomic E-state index is -1.16. The number of amides is 2. The summed E-state index contributed by atoms with van der Waals surface area (Å²) in [6.45, 7) is 10.1. The van der Waals surface area contributed by atoms with E-state index in [1.54, 1.807) is 32.0 Å². The van der Waals surface area contributed by atoms with Crippen molar-refractivity contribution in [1.29, 1.82) is 0 Å². The van der Waals surface area contributed by atoms with Crippen molar-refractivity contribution in [2.75, 3.05) is 0 Å². The van der Waals surface area contributed by atoms with Gasteiger partial charge in [0.2, 0.25) is 5.91 Å². The molecule has 2 amide bonds. The summed E-state index contributed by atoms with van der Waals surface area (Å²) < 4.78 is 25.7. The molecule has 0 bridgehead atoms. The molecule has 0 fully saturated rings. The van der Waals surface area contributed by atoms with Crippen molar-refractivity contribution >= 4 is 35.2 Å². The molecule has 0 unspecified atom stereocenters. The van der Waals surface area contributed by atoms with Gasteiger partial charge in [-0.2, -0.15) is 0 Å². The molecule has 1 aliphatic heterocycles. The van der Waals surface area contributed by atoms with Crippen molar-refractivity contribution in [2.24, 2.45) is 11.7 Å². The molecule has 2 aromatic carbocycles. The summed E-state index contributed by atoms with van der Waals surface area (Å²) in [4.78, 5) is 51.1. The van der Waals surface area contributed by atoms with Crippen molar-refractivity contribution in [1.82, 2.24) is 10.6 Å². The van der Waals surface area contributed by atoms with Crippen molar-refractivity contribution in [2.45, 2.75) is 77.8 Å². The van der Waals surface area contributed by atoms with Gasteiger partial charge in [0.25, 0.3) is 5.91 Å². The molecular weight excluding hydrogens is 541 g/mol. The summed E-state index contributed by atoms with van der Waals surface area (Å²) in [5, 5.41) is 5.18. The summed E-state index contributed by atoms with van der Waals surface area (Å²) in [5.41, 5.74) is 5.63. The highest BCUT2D eigenvalue weighted by Gasteiger charge is 2.48. The molecule has 1 aliphatic rings. The summed E-state index contributed by atoms with van der Waals surface area (Å²) in [6.07, 6.45) is -0.660. The van der Waals surface area contributed by atoms with Crippen LogP contribution in [0.2, 0.25) is 5.02 Å². The van der Waals surface area contributed by atoms with Crippen LogP contribution in [0.4, 0.5) is 4.39 Å². The SMILES string of the molecule is CC(=O)c1ccc2c(c1)[C@H](NC(=O)c1ccc(F)c(Cl)c1)[C@H](OC(=O)[C@H](C)NC(=O)[C@@H](N)CC(C)C)C(C)(C)O2. The third-order valence-corrected chi connectivity index (χ3v) is 6.89. The van der Waals surface area contributed by atoms with Gasteiger partial charge < -0.3 is 25.8 Å². The van der Waals surface area contributed by atoms with E-state index in [4.69, 9.17) is 26.8 Å². The highest BCUT2D eigenvalue weighted by atomic mass is 35.5. The number of halogens is 2. The molecule has 4 N–H and O–H groups in total. The molecule has 0 saturated heterocycles. The average Bonchev–Trinajstić information content (AvgIpc) is 2.86. The van der Waals surface area contributed by atoms with Gasteiger partial charge in [-0.15, -0.1) is 0 Å². The fraction of sp³-hybridized carbons (Fsp3) is 0.448. The Kier molecular flexibility index (Phi) is 9.58. The first kappa shape index (κ1) is 31.0. The number of benzene rings is 2. The Hall–Kier alpha value is -3.50. The van der Waals surface area contributed by atoms with E-state index in [1.807, 2.05) is 13.8 Å². The first-order valence-corrected chi connectivity index (χ1v) is 13.3. The second-order valence-electron chi connectivity index (χ2n) is 10.9. The topological polar surface area (TPSA) is 137 Å². The third-order valence-electron chi connectivity index (χ3n) is 6.60. The predicted octanol–water partition coefficient (Wildman–Crippen LogP) is 4.11. The van der Waals surface area contributed by atoms with E-state index >= 15 is 0 Å². The fourth-order valence-electron chi connectivity index (χ4n) is 4.46. The lowest BCUT2D eigenvalue weighted by atomic mass is 9.85. The summed E-state index contributed by atoms with van der Waals surface area (Å²) >= 11 is 5.88.